The molecule has 0 saturated carbocycles. The van der Waals surface area contributed by atoms with E-state index < -0.39 is 0 Å². The van der Waals surface area contributed by atoms with Crippen LogP contribution < -0.4 is 0 Å². The summed E-state index contributed by atoms with van der Waals surface area (Å²) in [5.41, 5.74) is 0. The Morgan fingerprint density at radius 3 is 2.88 bits per heavy atom. The fourth-order valence-corrected chi connectivity index (χ4v) is 1.60. The van der Waals surface area contributed by atoms with Crippen molar-refractivity contribution >= 4 is 17.5 Å². The molecule has 0 aromatic carbocycles. The van der Waals surface area contributed by atoms with E-state index in [1.807, 2.05) is 6.07 Å². The number of carbonyl (C=O) groups excluding carboxylic acids is 1. The molecule has 3 heteroatoms. The van der Waals surface area contributed by atoms with Crippen LogP contribution in [0.5, 0.6) is 0 Å². The second kappa shape index (κ2) is 2.19. The number of Topliss-reactive ketones (excluding diaryl/α,β-unsaturated/α-hetero) is 1. The van der Waals surface area contributed by atoms with Crippen LogP contribution in [0, 0.1) is 17.2 Å². The van der Waals surface area contributed by atoms with Gasteiger partial charge < -0.3 is 0 Å². The van der Waals surface area contributed by atoms with Crippen LogP contribution in [0.2, 0.25) is 0 Å². The zero-order valence-corrected chi connectivity index (χ0v) is 5.07. The maximum absolute atomic E-state index is 10.6. The van der Waals surface area contributed by atoms with Gasteiger partial charge in [0.25, 0.3) is 0 Å². The highest BCUT2D eigenvalue weighted by Gasteiger charge is 2.23. The molecule has 0 aliphatic carbocycles. The SMILES string of the molecule is N#C[C@@H]1CSCC1=O. The molecule has 0 N–H and O–H groups in total. The Hall–Kier alpha value is -0.490. The third kappa shape index (κ3) is 0.846. The average molecular weight is 127 g/mol. The minimum atomic E-state index is -0.306. The first-order valence-electron chi connectivity index (χ1n) is 2.34. The molecule has 1 saturated heterocycles. The van der Waals surface area contributed by atoms with Crippen LogP contribution in [0.4, 0.5) is 0 Å². The van der Waals surface area contributed by atoms with Crippen LogP contribution in [-0.4, -0.2) is 17.3 Å². The van der Waals surface area contributed by atoms with Gasteiger partial charge in [0.1, 0.15) is 5.92 Å². The second-order valence-electron chi connectivity index (χ2n) is 1.66. The lowest BCUT2D eigenvalue weighted by Gasteiger charge is -1.86. The van der Waals surface area contributed by atoms with Crippen molar-refractivity contribution in [1.82, 2.24) is 0 Å². The van der Waals surface area contributed by atoms with Gasteiger partial charge in [-0.15, -0.1) is 0 Å². The quantitative estimate of drug-likeness (QED) is 0.474. The van der Waals surface area contributed by atoms with Gasteiger partial charge in [-0.25, -0.2) is 0 Å². The Balaban J connectivity index is 2.58. The Kier molecular flexibility index (Phi) is 1.54. The summed E-state index contributed by atoms with van der Waals surface area (Å²) in [6.45, 7) is 0. The smallest absolute Gasteiger partial charge is 0.160 e. The topological polar surface area (TPSA) is 40.9 Å². The number of ketones is 1. The summed E-state index contributed by atoms with van der Waals surface area (Å²) in [4.78, 5) is 10.6. The molecule has 0 aromatic rings. The highest BCUT2D eigenvalue weighted by molar-refractivity contribution is 8.00. The second-order valence-corrected chi connectivity index (χ2v) is 2.69. The third-order valence-corrected chi connectivity index (χ3v) is 2.13. The summed E-state index contributed by atoms with van der Waals surface area (Å²) in [5.74, 6) is 1.03. The van der Waals surface area contributed by atoms with Gasteiger partial charge in [0.05, 0.1) is 11.8 Å². The van der Waals surface area contributed by atoms with Crippen molar-refractivity contribution in [3.8, 4) is 6.07 Å². The predicted octanol–water partition coefficient (Wildman–Crippen LogP) is 0.442. The van der Waals surface area contributed by atoms with Crippen molar-refractivity contribution in [2.24, 2.45) is 5.92 Å². The zero-order chi connectivity index (χ0) is 5.98. The Morgan fingerprint density at radius 1 is 1.88 bits per heavy atom. The molecule has 42 valence electrons. The van der Waals surface area contributed by atoms with Crippen molar-refractivity contribution < 1.29 is 4.79 Å². The number of nitrogens with zero attached hydrogens (tertiary/aromatic N) is 1. The highest BCUT2D eigenvalue weighted by atomic mass is 32.2. The van der Waals surface area contributed by atoms with Crippen LogP contribution >= 0.6 is 11.8 Å². The average Bonchev–Trinajstić information content (AvgIpc) is 2.14. The van der Waals surface area contributed by atoms with Crippen LogP contribution in [0.15, 0.2) is 0 Å². The van der Waals surface area contributed by atoms with E-state index in [9.17, 15) is 4.79 Å². The van der Waals surface area contributed by atoms with Crippen LogP contribution in [-0.2, 0) is 4.79 Å². The maximum Gasteiger partial charge on any atom is 0.160 e. The molecule has 1 atom stereocenters. The van der Waals surface area contributed by atoms with E-state index in [2.05, 4.69) is 0 Å². The van der Waals surface area contributed by atoms with Gasteiger partial charge in [-0.1, -0.05) is 0 Å². The van der Waals surface area contributed by atoms with E-state index in [0.717, 1.165) is 0 Å². The van der Waals surface area contributed by atoms with Crippen molar-refractivity contribution in [3.05, 3.63) is 0 Å². The summed E-state index contributed by atoms with van der Waals surface area (Å²) in [6.07, 6.45) is 0. The first kappa shape index (κ1) is 5.64. The number of carbonyl (C=O) groups is 1. The fraction of sp³-hybridized carbons (Fsp3) is 0.600. The molecule has 0 aromatic heterocycles. The number of hydrogen-bond acceptors (Lipinski definition) is 3. The number of hydrogen-bond donors (Lipinski definition) is 0. The van der Waals surface area contributed by atoms with Gasteiger partial charge in [-0.05, 0) is 0 Å². The molecule has 0 bridgehead atoms. The van der Waals surface area contributed by atoms with Gasteiger partial charge in [0.2, 0.25) is 0 Å². The number of thioether (sulfide) groups is 1. The lowest BCUT2D eigenvalue weighted by atomic mass is 10.1. The third-order valence-electron chi connectivity index (χ3n) is 1.07. The predicted molar refractivity (Wildman–Crippen MR) is 31.4 cm³/mol. The molecular weight excluding hydrogens is 122 g/mol. The van der Waals surface area contributed by atoms with Gasteiger partial charge in [-0.2, -0.15) is 17.0 Å². The molecular formula is C5H5NOS. The summed E-state index contributed by atoms with van der Waals surface area (Å²) >= 11 is 1.54. The van der Waals surface area contributed by atoms with Gasteiger partial charge >= 0.3 is 0 Å². The molecule has 1 fully saturated rings. The van der Waals surface area contributed by atoms with E-state index in [0.29, 0.717) is 11.5 Å². The molecule has 1 rings (SSSR count). The molecule has 0 radical (unpaired) electrons. The Morgan fingerprint density at radius 2 is 2.62 bits per heavy atom. The highest BCUT2D eigenvalue weighted by Crippen LogP contribution is 2.18. The lowest BCUT2D eigenvalue weighted by molar-refractivity contribution is -0.117. The largest absolute Gasteiger partial charge is 0.297 e. The van der Waals surface area contributed by atoms with Crippen molar-refractivity contribution in [1.29, 1.82) is 5.26 Å². The van der Waals surface area contributed by atoms with Crippen molar-refractivity contribution in [2.45, 2.75) is 0 Å². The van der Waals surface area contributed by atoms with E-state index in [4.69, 9.17) is 5.26 Å². The number of nitriles is 1. The summed E-state index contributed by atoms with van der Waals surface area (Å²) in [5, 5.41) is 8.25. The number of rotatable bonds is 0. The van der Waals surface area contributed by atoms with E-state index >= 15 is 0 Å². The summed E-state index contributed by atoms with van der Waals surface area (Å²) in [7, 11) is 0. The molecule has 1 aliphatic rings. The zero-order valence-electron chi connectivity index (χ0n) is 4.26. The van der Waals surface area contributed by atoms with Crippen molar-refractivity contribution in [3.63, 3.8) is 0 Å². The maximum atomic E-state index is 10.6. The van der Waals surface area contributed by atoms with Gasteiger partial charge in [0.15, 0.2) is 5.78 Å². The Bertz CT molecular complexity index is 149. The van der Waals surface area contributed by atoms with Crippen molar-refractivity contribution in [2.75, 3.05) is 11.5 Å². The molecule has 8 heavy (non-hydrogen) atoms. The minimum Gasteiger partial charge on any atom is -0.297 e. The Labute approximate surface area is 51.9 Å². The normalized spacial score (nSPS) is 27.9. The van der Waals surface area contributed by atoms with E-state index in [1.165, 1.54) is 0 Å². The van der Waals surface area contributed by atoms with Gasteiger partial charge in [0, 0.05) is 5.75 Å². The molecule has 0 amide bonds. The molecule has 0 unspecified atom stereocenters. The van der Waals surface area contributed by atoms with Crippen LogP contribution in [0.1, 0.15) is 0 Å². The van der Waals surface area contributed by atoms with Crippen LogP contribution in [0.3, 0.4) is 0 Å². The first-order chi connectivity index (χ1) is 3.84. The van der Waals surface area contributed by atoms with E-state index in [1.54, 1.807) is 11.8 Å². The lowest BCUT2D eigenvalue weighted by Crippen LogP contribution is -2.07. The minimum absolute atomic E-state index is 0.0949. The fourth-order valence-electron chi connectivity index (χ4n) is 0.580. The summed E-state index contributed by atoms with van der Waals surface area (Å²) < 4.78 is 0. The molecule has 1 aliphatic heterocycles. The standard InChI is InChI=1S/C5H5NOS/c6-1-4-2-8-3-5(4)7/h4H,2-3H2/t4-/m1/s1. The van der Waals surface area contributed by atoms with Crippen LogP contribution in [0.25, 0.3) is 0 Å². The van der Waals surface area contributed by atoms with E-state index in [-0.39, 0.29) is 11.7 Å². The summed E-state index contributed by atoms with van der Waals surface area (Å²) in [6, 6.07) is 1.94. The first-order valence-corrected chi connectivity index (χ1v) is 3.50. The molecule has 2 nitrogen and oxygen atoms in total. The molecule has 0 spiro atoms. The molecule has 1 heterocycles. The monoisotopic (exact) mass is 127 g/mol. The van der Waals surface area contributed by atoms with Gasteiger partial charge in [-0.3, -0.25) is 4.79 Å².